The van der Waals surface area contributed by atoms with E-state index in [2.05, 4.69) is 25.5 Å². The number of anilines is 1. The molecule has 2 aromatic heterocycles. The van der Waals surface area contributed by atoms with Gasteiger partial charge in [0.05, 0.1) is 24.3 Å². The minimum Gasteiger partial charge on any atom is -0.507 e. The normalized spacial score (nSPS) is 29.8. The van der Waals surface area contributed by atoms with Gasteiger partial charge in [0.2, 0.25) is 5.95 Å². The van der Waals surface area contributed by atoms with Gasteiger partial charge < -0.3 is 19.9 Å². The lowest BCUT2D eigenvalue weighted by Crippen LogP contribution is -2.61. The lowest BCUT2D eigenvalue weighted by Gasteiger charge is -2.42. The standard InChI is InChI=1S/C21H23F2N7O/c1-21-9-16(19(23)14(26-21)8-18(21)22)29(2)20-25-10-15(27-28-20)13-4-3-12(7-17(13)31)30-6-5-24-11-30/h3-7,10-11,14,16,18-19,26,31H,8-9H2,1-2H3/t14?,16-,18+,19-,21+/m1/s1. The number of alkyl halides is 2. The van der Waals surface area contributed by atoms with Gasteiger partial charge in [0.25, 0.3) is 0 Å². The topological polar surface area (TPSA) is 92.0 Å². The predicted octanol–water partition coefficient (Wildman–Crippen LogP) is 2.44. The molecule has 2 fully saturated rings. The van der Waals surface area contributed by atoms with Crippen LogP contribution in [0, 0.1) is 0 Å². The van der Waals surface area contributed by atoms with Crippen LogP contribution in [0.4, 0.5) is 14.7 Å². The molecule has 3 aromatic rings. The third-order valence-electron chi connectivity index (χ3n) is 6.47. The molecule has 5 rings (SSSR count). The second kappa shape index (κ2) is 7.23. The van der Waals surface area contributed by atoms with Crippen molar-refractivity contribution in [1.29, 1.82) is 0 Å². The third-order valence-corrected chi connectivity index (χ3v) is 6.47. The van der Waals surface area contributed by atoms with E-state index in [9.17, 15) is 13.9 Å². The molecule has 2 aliphatic heterocycles. The summed E-state index contributed by atoms with van der Waals surface area (Å²) in [4.78, 5) is 9.96. The number of fused-ring (bicyclic) bond motifs is 2. The minimum atomic E-state index is -1.23. The number of phenols is 1. The van der Waals surface area contributed by atoms with E-state index in [1.807, 2.05) is 6.07 Å². The number of imidazole rings is 1. The zero-order valence-corrected chi connectivity index (χ0v) is 17.2. The Kier molecular flexibility index (Phi) is 4.62. The summed E-state index contributed by atoms with van der Waals surface area (Å²) in [6.45, 7) is 1.79. The molecular weight excluding hydrogens is 404 g/mol. The summed E-state index contributed by atoms with van der Waals surface area (Å²) in [5.74, 6) is 0.287. The van der Waals surface area contributed by atoms with Gasteiger partial charge in [-0.05, 0) is 31.9 Å². The summed E-state index contributed by atoms with van der Waals surface area (Å²) < 4.78 is 31.1. The molecule has 4 heterocycles. The van der Waals surface area contributed by atoms with Gasteiger partial charge in [0.1, 0.15) is 23.8 Å². The Bertz CT molecular complexity index is 1080. The van der Waals surface area contributed by atoms with E-state index in [1.165, 1.54) is 6.20 Å². The molecule has 10 heteroatoms. The first-order chi connectivity index (χ1) is 14.9. The van der Waals surface area contributed by atoms with Crippen molar-refractivity contribution < 1.29 is 13.9 Å². The van der Waals surface area contributed by atoms with Crippen LogP contribution in [0.3, 0.4) is 0 Å². The van der Waals surface area contributed by atoms with Crippen LogP contribution < -0.4 is 10.2 Å². The first-order valence-electron chi connectivity index (χ1n) is 10.2. The number of piperidine rings is 1. The average molecular weight is 427 g/mol. The number of phenolic OH excluding ortho intramolecular Hbond substituents is 1. The molecule has 1 unspecified atom stereocenters. The maximum absolute atomic E-state index is 15.0. The van der Waals surface area contributed by atoms with Gasteiger partial charge in [-0.15, -0.1) is 10.2 Å². The number of rotatable bonds is 4. The van der Waals surface area contributed by atoms with Gasteiger partial charge >= 0.3 is 0 Å². The van der Waals surface area contributed by atoms with Gasteiger partial charge in [-0.3, -0.25) is 0 Å². The Hall–Kier alpha value is -3.14. The molecule has 162 valence electrons. The largest absolute Gasteiger partial charge is 0.507 e. The summed E-state index contributed by atoms with van der Waals surface area (Å²) in [6, 6.07) is 4.09. The van der Waals surface area contributed by atoms with Gasteiger partial charge in [-0.25, -0.2) is 18.7 Å². The van der Waals surface area contributed by atoms with Crippen molar-refractivity contribution in [3.05, 3.63) is 43.1 Å². The molecule has 0 saturated carbocycles. The molecule has 5 atom stereocenters. The summed E-state index contributed by atoms with van der Waals surface area (Å²) in [5.41, 5.74) is 0.881. The van der Waals surface area contributed by atoms with Crippen LogP contribution in [0.15, 0.2) is 43.1 Å². The third kappa shape index (κ3) is 3.31. The van der Waals surface area contributed by atoms with Crippen molar-refractivity contribution in [2.75, 3.05) is 11.9 Å². The van der Waals surface area contributed by atoms with Gasteiger partial charge in [0, 0.05) is 42.7 Å². The first-order valence-corrected chi connectivity index (χ1v) is 10.2. The monoisotopic (exact) mass is 427 g/mol. The van der Waals surface area contributed by atoms with Crippen molar-refractivity contribution in [2.24, 2.45) is 0 Å². The molecule has 2 saturated heterocycles. The zero-order chi connectivity index (χ0) is 21.8. The number of hydrogen-bond acceptors (Lipinski definition) is 7. The summed E-state index contributed by atoms with van der Waals surface area (Å²) in [7, 11) is 1.70. The maximum Gasteiger partial charge on any atom is 0.245 e. The molecule has 2 bridgehead atoms. The van der Waals surface area contributed by atoms with E-state index in [-0.39, 0.29) is 18.1 Å². The van der Waals surface area contributed by atoms with Crippen molar-refractivity contribution >= 4 is 5.95 Å². The van der Waals surface area contributed by atoms with E-state index >= 15 is 0 Å². The summed E-state index contributed by atoms with van der Waals surface area (Å²) in [6.07, 6.45) is 4.73. The van der Waals surface area contributed by atoms with Crippen molar-refractivity contribution in [1.82, 2.24) is 30.0 Å². The van der Waals surface area contributed by atoms with E-state index < -0.39 is 30.0 Å². The number of benzene rings is 1. The van der Waals surface area contributed by atoms with Crippen molar-refractivity contribution in [2.45, 2.75) is 49.7 Å². The smallest absolute Gasteiger partial charge is 0.245 e. The highest BCUT2D eigenvalue weighted by atomic mass is 19.1. The highest BCUT2D eigenvalue weighted by Gasteiger charge is 2.55. The number of nitrogens with one attached hydrogen (secondary N) is 1. The molecule has 0 radical (unpaired) electrons. The molecule has 1 aromatic carbocycles. The van der Waals surface area contributed by atoms with E-state index in [0.717, 1.165) is 5.69 Å². The Morgan fingerprint density at radius 3 is 2.81 bits per heavy atom. The molecule has 0 spiro atoms. The van der Waals surface area contributed by atoms with E-state index in [0.29, 0.717) is 17.7 Å². The zero-order valence-electron chi connectivity index (χ0n) is 17.2. The Morgan fingerprint density at radius 2 is 2.13 bits per heavy atom. The van der Waals surface area contributed by atoms with Crippen LogP contribution >= 0.6 is 0 Å². The fourth-order valence-electron chi connectivity index (χ4n) is 4.63. The highest BCUT2D eigenvalue weighted by molar-refractivity contribution is 5.68. The maximum atomic E-state index is 15.0. The quantitative estimate of drug-likeness (QED) is 0.661. The minimum absolute atomic E-state index is 0.0315. The lowest BCUT2D eigenvalue weighted by molar-refractivity contribution is 0.124. The summed E-state index contributed by atoms with van der Waals surface area (Å²) in [5, 5.41) is 21.9. The van der Waals surface area contributed by atoms with E-state index in [4.69, 9.17) is 0 Å². The molecule has 2 aliphatic rings. The van der Waals surface area contributed by atoms with Gasteiger partial charge in [-0.2, -0.15) is 0 Å². The number of hydrogen-bond donors (Lipinski definition) is 2. The van der Waals surface area contributed by atoms with Crippen LogP contribution in [0.5, 0.6) is 5.75 Å². The Morgan fingerprint density at radius 1 is 1.29 bits per heavy atom. The van der Waals surface area contributed by atoms with Crippen LogP contribution in [-0.2, 0) is 0 Å². The number of aromatic nitrogens is 5. The second-order valence-electron chi connectivity index (χ2n) is 8.51. The van der Waals surface area contributed by atoms with Crippen molar-refractivity contribution in [3.63, 3.8) is 0 Å². The highest BCUT2D eigenvalue weighted by Crippen LogP contribution is 2.41. The number of halogens is 2. The Labute approximate surface area is 178 Å². The molecule has 2 N–H and O–H groups in total. The Balaban J connectivity index is 1.37. The van der Waals surface area contributed by atoms with Crippen LogP contribution in [0.1, 0.15) is 19.8 Å². The van der Waals surface area contributed by atoms with Crippen LogP contribution in [0.2, 0.25) is 0 Å². The summed E-state index contributed by atoms with van der Waals surface area (Å²) >= 11 is 0. The molecular formula is C21H23F2N7O. The van der Waals surface area contributed by atoms with Gasteiger partial charge in [-0.1, -0.05) is 0 Å². The number of aromatic hydroxyl groups is 1. The molecule has 8 nitrogen and oxygen atoms in total. The van der Waals surface area contributed by atoms with Gasteiger partial charge in [0.15, 0.2) is 0 Å². The van der Waals surface area contributed by atoms with Crippen LogP contribution in [0.25, 0.3) is 16.9 Å². The number of nitrogens with zero attached hydrogens (tertiary/aromatic N) is 6. The average Bonchev–Trinajstić information content (AvgIpc) is 3.38. The molecule has 0 amide bonds. The van der Waals surface area contributed by atoms with E-state index in [1.54, 1.807) is 54.3 Å². The second-order valence-corrected chi connectivity index (χ2v) is 8.51. The predicted molar refractivity (Wildman–Crippen MR) is 111 cm³/mol. The SMILES string of the molecule is CN(c1ncc(-c2ccc(-n3ccnc3)cc2O)nn1)[C@@H]1C[C@]2(C)NC(C[C@@H]2F)[C@H]1F. The fraction of sp³-hybridized carbons (Fsp3) is 0.429. The first kappa shape index (κ1) is 19.8. The van der Waals surface area contributed by atoms with Crippen LogP contribution in [-0.4, -0.2) is 66.9 Å². The molecule has 31 heavy (non-hydrogen) atoms. The lowest BCUT2D eigenvalue weighted by atomic mass is 9.87. The molecule has 0 aliphatic carbocycles. The fourth-order valence-corrected chi connectivity index (χ4v) is 4.63. The van der Waals surface area contributed by atoms with Crippen molar-refractivity contribution in [3.8, 4) is 22.7 Å².